The molecule has 0 aliphatic rings. The summed E-state index contributed by atoms with van der Waals surface area (Å²) in [6, 6.07) is 3.80. The molecule has 0 aromatic carbocycles. The van der Waals surface area contributed by atoms with Crippen molar-refractivity contribution in [3.63, 3.8) is 0 Å². The molecule has 8 nitrogen and oxygen atoms in total. The molecular formula is C18H15ClN8S. The van der Waals surface area contributed by atoms with E-state index in [0.29, 0.717) is 22.2 Å². The van der Waals surface area contributed by atoms with Crippen LogP contribution in [0.3, 0.4) is 0 Å². The second-order valence-corrected chi connectivity index (χ2v) is 7.34. The first-order chi connectivity index (χ1) is 13.5. The molecule has 0 radical (unpaired) electrons. The van der Waals surface area contributed by atoms with Gasteiger partial charge in [-0.05, 0) is 25.3 Å². The van der Waals surface area contributed by atoms with Crippen LogP contribution in [0.4, 0.5) is 11.6 Å². The number of nitrogens with two attached hydrogens (primary N) is 1. The number of nitrogens with zero attached hydrogens (tertiary/aromatic N) is 6. The van der Waals surface area contributed by atoms with Gasteiger partial charge < -0.3 is 11.1 Å². The number of rotatable bonds is 4. The molecule has 4 rings (SSSR count). The molecule has 28 heavy (non-hydrogen) atoms. The standard InChI is InChI=1S/C18H15ClN8S/c1-9(24-17-12(5-20)16(21)22-8-23-17)13-6-27-18(14(19)10(2)26-27)25-15(13)11-3-4-28-7-11/h3-4,6-9H,1-2H3,(H3,21,22,23,24)/t9-/m0/s1. The lowest BCUT2D eigenvalue weighted by atomic mass is 10.0. The summed E-state index contributed by atoms with van der Waals surface area (Å²) in [5.74, 6) is 0.502. The van der Waals surface area contributed by atoms with Crippen LogP contribution < -0.4 is 11.1 Å². The Balaban J connectivity index is 1.84. The van der Waals surface area contributed by atoms with Crippen molar-refractivity contribution in [2.45, 2.75) is 19.9 Å². The summed E-state index contributed by atoms with van der Waals surface area (Å²) in [6.45, 7) is 3.79. The summed E-state index contributed by atoms with van der Waals surface area (Å²) in [5, 5.41) is 21.6. The molecule has 1 atom stereocenters. The zero-order valence-corrected chi connectivity index (χ0v) is 16.6. The highest BCUT2D eigenvalue weighted by molar-refractivity contribution is 7.08. The zero-order valence-electron chi connectivity index (χ0n) is 15.0. The van der Waals surface area contributed by atoms with Gasteiger partial charge in [0, 0.05) is 22.7 Å². The van der Waals surface area contributed by atoms with Gasteiger partial charge >= 0.3 is 0 Å². The van der Waals surface area contributed by atoms with Crippen molar-refractivity contribution in [2.75, 3.05) is 11.1 Å². The number of anilines is 2. The van der Waals surface area contributed by atoms with Crippen molar-refractivity contribution < 1.29 is 0 Å². The highest BCUT2D eigenvalue weighted by atomic mass is 35.5. The van der Waals surface area contributed by atoms with E-state index in [9.17, 15) is 5.26 Å². The Morgan fingerprint density at radius 3 is 2.93 bits per heavy atom. The summed E-state index contributed by atoms with van der Waals surface area (Å²) in [4.78, 5) is 12.8. The normalized spacial score (nSPS) is 12.1. The van der Waals surface area contributed by atoms with E-state index in [-0.39, 0.29) is 17.4 Å². The van der Waals surface area contributed by atoms with Crippen LogP contribution in [-0.2, 0) is 0 Å². The molecule has 0 saturated heterocycles. The number of hydrogen-bond acceptors (Lipinski definition) is 8. The Morgan fingerprint density at radius 1 is 1.39 bits per heavy atom. The van der Waals surface area contributed by atoms with E-state index >= 15 is 0 Å². The van der Waals surface area contributed by atoms with Crippen LogP contribution in [0.15, 0.2) is 29.4 Å². The number of nitriles is 1. The van der Waals surface area contributed by atoms with Gasteiger partial charge in [-0.1, -0.05) is 11.6 Å². The monoisotopic (exact) mass is 410 g/mol. The molecule has 0 fully saturated rings. The summed E-state index contributed by atoms with van der Waals surface area (Å²) >= 11 is 7.95. The average Bonchev–Trinajstić information content (AvgIpc) is 3.30. The van der Waals surface area contributed by atoms with Crippen molar-refractivity contribution in [2.24, 2.45) is 0 Å². The quantitative estimate of drug-likeness (QED) is 0.524. The van der Waals surface area contributed by atoms with Crippen LogP contribution in [0, 0.1) is 18.3 Å². The molecule has 0 unspecified atom stereocenters. The predicted octanol–water partition coefficient (Wildman–Crippen LogP) is 3.84. The maximum atomic E-state index is 9.37. The number of nitrogen functional groups attached to an aromatic ring is 1. The molecule has 0 amide bonds. The lowest BCUT2D eigenvalue weighted by molar-refractivity contribution is 0.826. The molecule has 0 aliphatic carbocycles. The third kappa shape index (κ3) is 3.02. The third-order valence-electron chi connectivity index (χ3n) is 4.34. The molecule has 4 heterocycles. The van der Waals surface area contributed by atoms with E-state index in [1.54, 1.807) is 15.9 Å². The predicted molar refractivity (Wildman–Crippen MR) is 109 cm³/mol. The number of nitrogens with one attached hydrogen (secondary N) is 1. The van der Waals surface area contributed by atoms with Gasteiger partial charge in [-0.25, -0.2) is 19.5 Å². The van der Waals surface area contributed by atoms with Gasteiger partial charge in [-0.3, -0.25) is 0 Å². The molecule has 0 bridgehead atoms. The average molecular weight is 411 g/mol. The molecule has 140 valence electrons. The lowest BCUT2D eigenvalue weighted by Crippen LogP contribution is -2.13. The first-order valence-electron chi connectivity index (χ1n) is 8.34. The topological polar surface area (TPSA) is 118 Å². The maximum Gasteiger partial charge on any atom is 0.174 e. The Morgan fingerprint density at radius 2 is 2.21 bits per heavy atom. The smallest absolute Gasteiger partial charge is 0.174 e. The van der Waals surface area contributed by atoms with E-state index < -0.39 is 0 Å². The van der Waals surface area contributed by atoms with Crippen LogP contribution in [0.1, 0.15) is 29.8 Å². The fourth-order valence-corrected chi connectivity index (χ4v) is 3.73. The Kier molecular flexibility index (Phi) is 4.58. The number of fused-ring (bicyclic) bond motifs is 1. The van der Waals surface area contributed by atoms with E-state index in [2.05, 4.69) is 20.4 Å². The van der Waals surface area contributed by atoms with Crippen LogP contribution in [0.25, 0.3) is 16.9 Å². The van der Waals surface area contributed by atoms with Crippen molar-refractivity contribution >= 4 is 40.2 Å². The highest BCUT2D eigenvalue weighted by Crippen LogP contribution is 2.32. The number of aromatic nitrogens is 5. The Hall–Kier alpha value is -3.22. The third-order valence-corrected chi connectivity index (χ3v) is 5.47. The SMILES string of the molecule is Cc1nn2cc([C@H](C)Nc3ncnc(N)c3C#N)c(-c3ccsc3)nc2c1Cl. The first-order valence-corrected chi connectivity index (χ1v) is 9.66. The lowest BCUT2D eigenvalue weighted by Gasteiger charge is -2.18. The largest absolute Gasteiger partial charge is 0.382 e. The van der Waals surface area contributed by atoms with Crippen LogP contribution >= 0.6 is 22.9 Å². The van der Waals surface area contributed by atoms with E-state index in [4.69, 9.17) is 22.3 Å². The zero-order chi connectivity index (χ0) is 19.8. The van der Waals surface area contributed by atoms with Crippen LogP contribution in [-0.4, -0.2) is 24.6 Å². The summed E-state index contributed by atoms with van der Waals surface area (Å²) in [5.41, 5.74) is 9.95. The second kappa shape index (κ2) is 7.07. The number of hydrogen-bond donors (Lipinski definition) is 2. The molecule has 4 aromatic heterocycles. The van der Waals surface area contributed by atoms with Crippen LogP contribution in [0.5, 0.6) is 0 Å². The number of thiophene rings is 1. The molecule has 4 aromatic rings. The molecule has 10 heteroatoms. The summed E-state index contributed by atoms with van der Waals surface area (Å²) in [7, 11) is 0. The van der Waals surface area contributed by atoms with Crippen LogP contribution in [0.2, 0.25) is 5.02 Å². The number of aryl methyl sites for hydroxylation is 1. The second-order valence-electron chi connectivity index (χ2n) is 6.18. The van der Waals surface area contributed by atoms with E-state index in [0.717, 1.165) is 16.8 Å². The minimum atomic E-state index is -0.239. The van der Waals surface area contributed by atoms with Crippen molar-refractivity contribution in [1.82, 2.24) is 24.6 Å². The van der Waals surface area contributed by atoms with Gasteiger partial charge in [0.05, 0.1) is 17.4 Å². The Bertz CT molecular complexity index is 1210. The first kappa shape index (κ1) is 18.2. The van der Waals surface area contributed by atoms with Gasteiger partial charge in [-0.15, -0.1) is 0 Å². The van der Waals surface area contributed by atoms with Crippen molar-refractivity contribution in [1.29, 1.82) is 5.26 Å². The fourth-order valence-electron chi connectivity index (χ4n) is 2.92. The van der Waals surface area contributed by atoms with Gasteiger partial charge in [0.25, 0.3) is 0 Å². The van der Waals surface area contributed by atoms with Gasteiger partial charge in [0.1, 0.15) is 34.6 Å². The molecule has 0 saturated carbocycles. The van der Waals surface area contributed by atoms with Gasteiger partial charge in [0.2, 0.25) is 0 Å². The summed E-state index contributed by atoms with van der Waals surface area (Å²) in [6.07, 6.45) is 3.21. The molecular weight excluding hydrogens is 396 g/mol. The van der Waals surface area contributed by atoms with Crippen molar-refractivity contribution in [3.05, 3.63) is 51.2 Å². The van der Waals surface area contributed by atoms with Gasteiger partial charge in [0.15, 0.2) is 5.65 Å². The van der Waals surface area contributed by atoms with E-state index in [1.807, 2.05) is 42.9 Å². The maximum absolute atomic E-state index is 9.37. The minimum Gasteiger partial charge on any atom is -0.382 e. The highest BCUT2D eigenvalue weighted by Gasteiger charge is 2.20. The molecule has 3 N–H and O–H groups in total. The molecule has 0 aliphatic heterocycles. The van der Waals surface area contributed by atoms with Gasteiger partial charge in [-0.2, -0.15) is 21.7 Å². The fraction of sp³-hybridized carbons (Fsp3) is 0.167. The Labute approximate surface area is 169 Å². The van der Waals surface area contributed by atoms with Crippen molar-refractivity contribution in [3.8, 4) is 17.3 Å². The minimum absolute atomic E-state index is 0.133. The number of halogens is 1. The molecule has 0 spiro atoms. The van der Waals surface area contributed by atoms with E-state index in [1.165, 1.54) is 6.33 Å². The summed E-state index contributed by atoms with van der Waals surface area (Å²) < 4.78 is 1.67.